The fraction of sp³-hybridized carbons (Fsp3) is 0.600. The molecular weight excluding hydrogens is 288 g/mol. The highest BCUT2D eigenvalue weighted by Crippen LogP contribution is 2.19. The lowest BCUT2D eigenvalue weighted by atomic mass is 10.1. The van der Waals surface area contributed by atoms with E-state index in [1.165, 1.54) is 12.8 Å². The van der Waals surface area contributed by atoms with Crippen molar-refractivity contribution >= 4 is 10.0 Å². The third-order valence-corrected chi connectivity index (χ3v) is 4.73. The minimum atomic E-state index is -3.48. The summed E-state index contributed by atoms with van der Waals surface area (Å²) in [6.07, 6.45) is 2.51. The Bertz CT molecular complexity index is 558. The molecule has 0 amide bonds. The highest BCUT2D eigenvalue weighted by atomic mass is 32.2. The fourth-order valence-corrected chi connectivity index (χ4v) is 3.31. The normalized spacial score (nSPS) is 16.0. The number of hydrogen-bond acceptors (Lipinski definition) is 4. The van der Waals surface area contributed by atoms with Crippen LogP contribution in [0.25, 0.3) is 0 Å². The minimum Gasteiger partial charge on any atom is -0.492 e. The molecule has 1 aliphatic carbocycles. The van der Waals surface area contributed by atoms with E-state index in [2.05, 4.69) is 10.0 Å². The molecule has 2 N–H and O–H groups in total. The quantitative estimate of drug-likeness (QED) is 0.755. The lowest BCUT2D eigenvalue weighted by Crippen LogP contribution is -2.40. The molecule has 6 heteroatoms. The van der Waals surface area contributed by atoms with Crippen LogP contribution < -0.4 is 14.8 Å². The Hall–Kier alpha value is -1.11. The van der Waals surface area contributed by atoms with E-state index in [0.717, 1.165) is 6.54 Å². The Morgan fingerprint density at radius 1 is 1.19 bits per heavy atom. The zero-order valence-corrected chi connectivity index (χ0v) is 13.7. The van der Waals surface area contributed by atoms with Crippen LogP contribution in [0.5, 0.6) is 5.75 Å². The second kappa shape index (κ2) is 6.34. The van der Waals surface area contributed by atoms with Gasteiger partial charge in [0.2, 0.25) is 10.0 Å². The van der Waals surface area contributed by atoms with Crippen molar-refractivity contribution in [3.05, 3.63) is 24.3 Å². The van der Waals surface area contributed by atoms with E-state index in [0.29, 0.717) is 18.4 Å². The van der Waals surface area contributed by atoms with Crippen molar-refractivity contribution in [2.75, 3.05) is 13.2 Å². The summed E-state index contributed by atoms with van der Waals surface area (Å²) in [5.74, 6) is 0.683. The number of nitrogens with one attached hydrogen (secondary N) is 2. The molecule has 0 atom stereocenters. The van der Waals surface area contributed by atoms with Crippen molar-refractivity contribution in [3.63, 3.8) is 0 Å². The van der Waals surface area contributed by atoms with Crippen LogP contribution in [0.1, 0.15) is 33.6 Å². The maximum atomic E-state index is 12.1. The maximum Gasteiger partial charge on any atom is 0.241 e. The second-order valence-corrected chi connectivity index (χ2v) is 8.09. The van der Waals surface area contributed by atoms with Gasteiger partial charge in [-0.05, 0) is 57.9 Å². The van der Waals surface area contributed by atoms with Gasteiger partial charge in [0.25, 0.3) is 0 Å². The van der Waals surface area contributed by atoms with E-state index in [-0.39, 0.29) is 4.90 Å². The lowest BCUT2D eigenvalue weighted by molar-refractivity contribution is 0.313. The Kier molecular flexibility index (Phi) is 4.91. The monoisotopic (exact) mass is 312 g/mol. The van der Waals surface area contributed by atoms with Crippen molar-refractivity contribution in [3.8, 4) is 5.75 Å². The predicted octanol–water partition coefficient (Wildman–Crippen LogP) is 1.89. The first-order valence-corrected chi connectivity index (χ1v) is 8.75. The maximum absolute atomic E-state index is 12.1. The molecule has 1 saturated carbocycles. The average Bonchev–Trinajstić information content (AvgIpc) is 3.16. The molecule has 1 aliphatic rings. The first-order valence-electron chi connectivity index (χ1n) is 7.26. The number of hydrogen-bond donors (Lipinski definition) is 2. The van der Waals surface area contributed by atoms with Crippen LogP contribution >= 0.6 is 0 Å². The number of ether oxygens (including phenoxy) is 1. The van der Waals surface area contributed by atoms with Crippen LogP contribution in [-0.2, 0) is 10.0 Å². The zero-order valence-electron chi connectivity index (χ0n) is 12.8. The molecule has 1 aromatic carbocycles. The SMILES string of the molecule is CC(C)(C)NS(=O)(=O)c1ccc(OCCNC2CC2)cc1. The van der Waals surface area contributed by atoms with Gasteiger partial charge < -0.3 is 10.1 Å². The highest BCUT2D eigenvalue weighted by Gasteiger charge is 2.22. The Morgan fingerprint density at radius 2 is 1.81 bits per heavy atom. The molecule has 0 bridgehead atoms. The van der Waals surface area contributed by atoms with Gasteiger partial charge in [-0.2, -0.15) is 0 Å². The van der Waals surface area contributed by atoms with Gasteiger partial charge in [-0.3, -0.25) is 0 Å². The van der Waals surface area contributed by atoms with Crippen LogP contribution in [0.15, 0.2) is 29.2 Å². The van der Waals surface area contributed by atoms with Crippen molar-refractivity contribution in [2.24, 2.45) is 0 Å². The van der Waals surface area contributed by atoms with E-state index < -0.39 is 15.6 Å². The predicted molar refractivity (Wildman–Crippen MR) is 83.0 cm³/mol. The summed E-state index contributed by atoms with van der Waals surface area (Å²) in [4.78, 5) is 0.251. The second-order valence-electron chi connectivity index (χ2n) is 6.40. The molecule has 0 heterocycles. The highest BCUT2D eigenvalue weighted by molar-refractivity contribution is 7.89. The summed E-state index contributed by atoms with van der Waals surface area (Å²) < 4.78 is 32.5. The summed E-state index contributed by atoms with van der Waals surface area (Å²) >= 11 is 0. The Labute approximate surface area is 127 Å². The molecule has 0 spiro atoms. The van der Waals surface area contributed by atoms with Gasteiger partial charge in [-0.15, -0.1) is 0 Å². The molecule has 1 fully saturated rings. The molecule has 118 valence electrons. The van der Waals surface area contributed by atoms with E-state index in [9.17, 15) is 8.42 Å². The summed E-state index contributed by atoms with van der Waals surface area (Å²) in [6, 6.07) is 7.18. The van der Waals surface area contributed by atoms with Gasteiger partial charge in [0.15, 0.2) is 0 Å². The summed E-state index contributed by atoms with van der Waals surface area (Å²) in [5.41, 5.74) is -0.498. The fourth-order valence-electron chi connectivity index (χ4n) is 1.90. The first kappa shape index (κ1) is 16.3. The van der Waals surface area contributed by atoms with Crippen molar-refractivity contribution in [2.45, 2.75) is 50.1 Å². The molecule has 21 heavy (non-hydrogen) atoms. The third-order valence-electron chi connectivity index (χ3n) is 2.96. The van der Waals surface area contributed by atoms with E-state index in [1.807, 2.05) is 20.8 Å². The van der Waals surface area contributed by atoms with Gasteiger partial charge in [0.1, 0.15) is 12.4 Å². The van der Waals surface area contributed by atoms with Gasteiger partial charge >= 0.3 is 0 Å². The van der Waals surface area contributed by atoms with Crippen molar-refractivity contribution in [1.29, 1.82) is 0 Å². The van der Waals surface area contributed by atoms with Crippen LogP contribution in [0, 0.1) is 0 Å². The van der Waals surface area contributed by atoms with Gasteiger partial charge in [-0.25, -0.2) is 13.1 Å². The largest absolute Gasteiger partial charge is 0.492 e. The molecule has 0 aliphatic heterocycles. The Balaban J connectivity index is 1.88. The van der Waals surface area contributed by atoms with Crippen LogP contribution in [0.3, 0.4) is 0 Å². The average molecular weight is 312 g/mol. The number of benzene rings is 1. The van der Waals surface area contributed by atoms with Crippen molar-refractivity contribution in [1.82, 2.24) is 10.0 Å². The smallest absolute Gasteiger partial charge is 0.241 e. The van der Waals surface area contributed by atoms with Gasteiger partial charge in [-0.1, -0.05) is 0 Å². The topological polar surface area (TPSA) is 67.4 Å². The molecule has 0 saturated heterocycles. The minimum absolute atomic E-state index is 0.251. The van der Waals surface area contributed by atoms with E-state index >= 15 is 0 Å². The van der Waals surface area contributed by atoms with E-state index in [1.54, 1.807) is 24.3 Å². The van der Waals surface area contributed by atoms with E-state index in [4.69, 9.17) is 4.74 Å². The molecule has 0 aromatic heterocycles. The van der Waals surface area contributed by atoms with Crippen molar-refractivity contribution < 1.29 is 13.2 Å². The zero-order chi connectivity index (χ0) is 15.5. The van der Waals surface area contributed by atoms with Crippen LogP contribution in [-0.4, -0.2) is 33.2 Å². The van der Waals surface area contributed by atoms with Gasteiger partial charge in [0.05, 0.1) is 4.90 Å². The molecule has 5 nitrogen and oxygen atoms in total. The molecule has 0 unspecified atom stereocenters. The molecule has 2 rings (SSSR count). The lowest BCUT2D eigenvalue weighted by Gasteiger charge is -2.20. The summed E-state index contributed by atoms with van der Waals surface area (Å²) in [6.45, 7) is 6.85. The first-order chi connectivity index (χ1) is 9.76. The number of rotatable bonds is 7. The third kappa shape index (κ3) is 5.65. The summed E-state index contributed by atoms with van der Waals surface area (Å²) in [7, 11) is -3.48. The summed E-state index contributed by atoms with van der Waals surface area (Å²) in [5, 5.41) is 3.36. The van der Waals surface area contributed by atoms with Crippen LogP contribution in [0.2, 0.25) is 0 Å². The number of sulfonamides is 1. The molecule has 1 aromatic rings. The standard InChI is InChI=1S/C15H24N2O3S/c1-15(2,3)17-21(18,19)14-8-6-13(7-9-14)20-11-10-16-12-4-5-12/h6-9,12,16-17H,4-5,10-11H2,1-3H3. The van der Waals surface area contributed by atoms with Crippen LogP contribution in [0.4, 0.5) is 0 Å². The van der Waals surface area contributed by atoms with Gasteiger partial charge in [0, 0.05) is 18.1 Å². The Morgan fingerprint density at radius 3 is 2.33 bits per heavy atom. The molecular formula is C15H24N2O3S. The molecule has 0 radical (unpaired) electrons.